The molecule has 0 bridgehead atoms. The fraction of sp³-hybridized carbons (Fsp3) is 0.188. The number of rotatable bonds is 4. The molecule has 0 unspecified atom stereocenters. The lowest BCUT2D eigenvalue weighted by Crippen LogP contribution is -2.20. The quantitative estimate of drug-likeness (QED) is 0.932. The van der Waals surface area contributed by atoms with Crippen molar-refractivity contribution in [3.05, 3.63) is 36.4 Å². The van der Waals surface area contributed by atoms with Gasteiger partial charge in [0.1, 0.15) is 5.75 Å². The minimum Gasteiger partial charge on any atom is -0.484 e. The molecule has 0 aromatic heterocycles. The average Bonchev–Trinajstić information content (AvgIpc) is 3.20. The van der Waals surface area contributed by atoms with E-state index in [9.17, 15) is 4.79 Å². The van der Waals surface area contributed by atoms with Gasteiger partial charge in [0, 0.05) is 17.8 Å². The zero-order valence-corrected chi connectivity index (χ0v) is 12.0. The predicted molar refractivity (Wildman–Crippen MR) is 79.3 cm³/mol. The highest BCUT2D eigenvalue weighted by atomic mass is 16.7. The third kappa shape index (κ3) is 2.80. The van der Waals surface area contributed by atoms with Gasteiger partial charge >= 0.3 is 0 Å². The molecule has 0 aliphatic carbocycles. The Balaban J connectivity index is 1.35. The van der Waals surface area contributed by atoms with Crippen LogP contribution >= 0.6 is 0 Å². The van der Waals surface area contributed by atoms with Crippen molar-refractivity contribution in [2.45, 2.75) is 0 Å². The van der Waals surface area contributed by atoms with Crippen LogP contribution in [-0.2, 0) is 4.79 Å². The minimum atomic E-state index is -0.276. The molecule has 2 heterocycles. The van der Waals surface area contributed by atoms with E-state index in [0.29, 0.717) is 34.4 Å². The van der Waals surface area contributed by atoms with E-state index in [0.717, 1.165) is 0 Å². The first-order chi connectivity index (χ1) is 11.3. The number of benzene rings is 2. The Morgan fingerprint density at radius 2 is 1.57 bits per heavy atom. The molecule has 4 rings (SSSR count). The summed E-state index contributed by atoms with van der Waals surface area (Å²) in [6, 6.07) is 10.4. The molecular weight excluding hydrogens is 302 g/mol. The maximum atomic E-state index is 12.0. The van der Waals surface area contributed by atoms with Gasteiger partial charge in [-0.25, -0.2) is 0 Å². The summed E-state index contributed by atoms with van der Waals surface area (Å²) < 4.78 is 26.4. The van der Waals surface area contributed by atoms with Crippen molar-refractivity contribution in [2.24, 2.45) is 0 Å². The number of hydrogen-bond acceptors (Lipinski definition) is 6. The van der Waals surface area contributed by atoms with Gasteiger partial charge in [-0.2, -0.15) is 0 Å². The molecule has 0 saturated carbocycles. The van der Waals surface area contributed by atoms with Crippen molar-refractivity contribution in [3.8, 4) is 28.7 Å². The standard InChI is InChI=1S/C16H13NO6/c18-16(17-10-1-3-12-14(5-10)22-8-20-12)7-19-11-2-4-13-15(6-11)23-9-21-13/h1-6H,7-9H2,(H,17,18). The summed E-state index contributed by atoms with van der Waals surface area (Å²) in [5.41, 5.74) is 0.619. The summed E-state index contributed by atoms with van der Waals surface area (Å²) in [5.74, 6) is 2.82. The molecule has 0 spiro atoms. The first-order valence-corrected chi connectivity index (χ1v) is 7.00. The minimum absolute atomic E-state index is 0.117. The molecule has 0 saturated heterocycles. The monoisotopic (exact) mass is 315 g/mol. The number of fused-ring (bicyclic) bond motifs is 2. The number of amides is 1. The van der Waals surface area contributed by atoms with Crippen molar-refractivity contribution in [2.75, 3.05) is 25.5 Å². The normalized spacial score (nSPS) is 13.7. The zero-order chi connectivity index (χ0) is 15.6. The molecule has 1 amide bonds. The Morgan fingerprint density at radius 3 is 2.35 bits per heavy atom. The van der Waals surface area contributed by atoms with Gasteiger partial charge in [0.2, 0.25) is 13.6 Å². The molecule has 23 heavy (non-hydrogen) atoms. The van der Waals surface area contributed by atoms with Crippen LogP contribution in [0.3, 0.4) is 0 Å². The predicted octanol–water partition coefficient (Wildman–Crippen LogP) is 2.16. The Morgan fingerprint density at radius 1 is 0.913 bits per heavy atom. The van der Waals surface area contributed by atoms with E-state index in [-0.39, 0.29) is 26.1 Å². The number of hydrogen-bond donors (Lipinski definition) is 1. The highest BCUT2D eigenvalue weighted by molar-refractivity contribution is 5.92. The van der Waals surface area contributed by atoms with Crippen LogP contribution in [0.1, 0.15) is 0 Å². The Kier molecular flexibility index (Phi) is 3.30. The lowest BCUT2D eigenvalue weighted by molar-refractivity contribution is -0.118. The van der Waals surface area contributed by atoms with Crippen LogP contribution in [0.4, 0.5) is 5.69 Å². The number of carbonyl (C=O) groups excluding carboxylic acids is 1. The van der Waals surface area contributed by atoms with Gasteiger partial charge in [-0.1, -0.05) is 0 Å². The van der Waals surface area contributed by atoms with Gasteiger partial charge in [0.05, 0.1) is 0 Å². The number of anilines is 1. The van der Waals surface area contributed by atoms with E-state index in [1.54, 1.807) is 36.4 Å². The number of nitrogens with one attached hydrogen (secondary N) is 1. The summed E-state index contributed by atoms with van der Waals surface area (Å²) in [7, 11) is 0. The summed E-state index contributed by atoms with van der Waals surface area (Å²) >= 11 is 0. The van der Waals surface area contributed by atoms with E-state index in [4.69, 9.17) is 23.7 Å². The Bertz CT molecular complexity index is 760. The largest absolute Gasteiger partial charge is 0.484 e. The molecular formula is C16H13NO6. The second kappa shape index (κ2) is 5.60. The third-order valence-electron chi connectivity index (χ3n) is 3.37. The summed E-state index contributed by atoms with van der Waals surface area (Å²) in [6.07, 6.45) is 0. The summed E-state index contributed by atoms with van der Waals surface area (Å²) in [6.45, 7) is 0.275. The first-order valence-electron chi connectivity index (χ1n) is 7.00. The first kappa shape index (κ1) is 13.6. The van der Waals surface area contributed by atoms with Crippen molar-refractivity contribution in [1.82, 2.24) is 0 Å². The summed E-state index contributed by atoms with van der Waals surface area (Å²) in [4.78, 5) is 12.0. The van der Waals surface area contributed by atoms with Crippen molar-refractivity contribution >= 4 is 11.6 Å². The zero-order valence-electron chi connectivity index (χ0n) is 12.0. The van der Waals surface area contributed by atoms with Gasteiger partial charge < -0.3 is 29.0 Å². The van der Waals surface area contributed by atoms with E-state index in [1.807, 2.05) is 0 Å². The highest BCUT2D eigenvalue weighted by Crippen LogP contribution is 2.35. The topological polar surface area (TPSA) is 75.3 Å². The highest BCUT2D eigenvalue weighted by Gasteiger charge is 2.16. The second-order valence-electron chi connectivity index (χ2n) is 4.92. The lowest BCUT2D eigenvalue weighted by atomic mass is 10.3. The molecule has 0 radical (unpaired) electrons. The molecule has 0 atom stereocenters. The van der Waals surface area contributed by atoms with Crippen LogP contribution < -0.4 is 29.0 Å². The molecule has 1 N–H and O–H groups in total. The van der Waals surface area contributed by atoms with Gasteiger partial charge in [0.15, 0.2) is 29.6 Å². The lowest BCUT2D eigenvalue weighted by Gasteiger charge is -2.08. The molecule has 7 nitrogen and oxygen atoms in total. The van der Waals surface area contributed by atoms with Crippen LogP contribution in [0.2, 0.25) is 0 Å². The van der Waals surface area contributed by atoms with Crippen LogP contribution in [0, 0.1) is 0 Å². The van der Waals surface area contributed by atoms with Crippen molar-refractivity contribution < 1.29 is 28.5 Å². The van der Waals surface area contributed by atoms with Crippen molar-refractivity contribution in [3.63, 3.8) is 0 Å². The Labute approximate surface area is 131 Å². The van der Waals surface area contributed by atoms with Crippen molar-refractivity contribution in [1.29, 1.82) is 0 Å². The van der Waals surface area contributed by atoms with Gasteiger partial charge in [-0.05, 0) is 24.3 Å². The van der Waals surface area contributed by atoms with E-state index >= 15 is 0 Å². The van der Waals surface area contributed by atoms with E-state index in [1.165, 1.54) is 0 Å². The molecule has 7 heteroatoms. The third-order valence-corrected chi connectivity index (χ3v) is 3.37. The average molecular weight is 315 g/mol. The molecule has 2 aromatic rings. The fourth-order valence-electron chi connectivity index (χ4n) is 2.29. The smallest absolute Gasteiger partial charge is 0.262 e. The SMILES string of the molecule is O=C(COc1ccc2c(c1)OCO2)Nc1ccc2c(c1)OCO2. The summed E-state index contributed by atoms with van der Waals surface area (Å²) in [5, 5.41) is 2.74. The van der Waals surface area contributed by atoms with Crippen LogP contribution in [0.5, 0.6) is 28.7 Å². The van der Waals surface area contributed by atoms with Crippen LogP contribution in [0.15, 0.2) is 36.4 Å². The number of carbonyl (C=O) groups is 1. The molecule has 2 aliphatic rings. The van der Waals surface area contributed by atoms with Gasteiger partial charge in [-0.15, -0.1) is 0 Å². The molecule has 118 valence electrons. The van der Waals surface area contributed by atoms with Crippen LogP contribution in [-0.4, -0.2) is 26.1 Å². The Hall–Kier alpha value is -3.09. The maximum absolute atomic E-state index is 12.0. The van der Waals surface area contributed by atoms with Gasteiger partial charge in [-0.3, -0.25) is 4.79 Å². The molecule has 2 aromatic carbocycles. The maximum Gasteiger partial charge on any atom is 0.262 e. The van der Waals surface area contributed by atoms with Crippen LogP contribution in [0.25, 0.3) is 0 Å². The van der Waals surface area contributed by atoms with E-state index < -0.39 is 0 Å². The fourth-order valence-corrected chi connectivity index (χ4v) is 2.29. The number of ether oxygens (including phenoxy) is 5. The van der Waals surface area contributed by atoms with Gasteiger partial charge in [0.25, 0.3) is 5.91 Å². The van der Waals surface area contributed by atoms with E-state index in [2.05, 4.69) is 5.32 Å². The molecule has 2 aliphatic heterocycles. The molecule has 0 fully saturated rings. The second-order valence-corrected chi connectivity index (χ2v) is 4.92.